The monoisotopic (exact) mass is 305 g/mol. The number of benzene rings is 2. The lowest BCUT2D eigenvalue weighted by atomic mass is 10.0. The number of aliphatic hydroxyl groups excluding tert-OH is 1. The number of anilines is 1. The number of alkyl halides is 1. The Kier molecular flexibility index (Phi) is 5.20. The number of phenols is 1. The van der Waals surface area contributed by atoms with E-state index in [1.54, 1.807) is 36.4 Å². The van der Waals surface area contributed by atoms with Gasteiger partial charge in [-0.3, -0.25) is 4.79 Å². The summed E-state index contributed by atoms with van der Waals surface area (Å²) in [5.74, 6) is 0.191. The molecule has 110 valence electrons. The van der Waals surface area contributed by atoms with E-state index < -0.39 is 6.10 Å². The highest BCUT2D eigenvalue weighted by Gasteiger charge is 2.09. The predicted octanol–water partition coefficient (Wildman–Crippen LogP) is 2.63. The average Bonchev–Trinajstić information content (AvgIpc) is 2.53. The largest absolute Gasteiger partial charge is 0.508 e. The summed E-state index contributed by atoms with van der Waals surface area (Å²) < 4.78 is 0. The van der Waals surface area contributed by atoms with Crippen LogP contribution in [0.25, 0.3) is 0 Å². The van der Waals surface area contributed by atoms with Gasteiger partial charge in [0.25, 0.3) is 0 Å². The van der Waals surface area contributed by atoms with Crippen molar-refractivity contribution in [3.63, 3.8) is 0 Å². The third kappa shape index (κ3) is 4.21. The fraction of sp³-hybridized carbons (Fsp3) is 0.188. The summed E-state index contributed by atoms with van der Waals surface area (Å²) in [6.07, 6.45) is -0.607. The van der Waals surface area contributed by atoms with Crippen molar-refractivity contribution in [2.45, 2.75) is 6.10 Å². The molecule has 0 spiro atoms. The standard InChI is InChI=1S/C16H16ClNO3/c17-9-15(20)10-18-13-5-1-11(2-6-13)16(21)12-3-7-14(19)8-4-12/h1-8,15,18-20H,9-10H2. The van der Waals surface area contributed by atoms with Crippen LogP contribution in [0.15, 0.2) is 48.5 Å². The van der Waals surface area contributed by atoms with Gasteiger partial charge in [-0.05, 0) is 48.5 Å². The highest BCUT2D eigenvalue weighted by atomic mass is 35.5. The van der Waals surface area contributed by atoms with E-state index in [1.165, 1.54) is 12.1 Å². The molecule has 0 bridgehead atoms. The van der Waals surface area contributed by atoms with Gasteiger partial charge in [-0.2, -0.15) is 0 Å². The topological polar surface area (TPSA) is 69.6 Å². The summed E-state index contributed by atoms with van der Waals surface area (Å²) in [5, 5.41) is 21.6. The van der Waals surface area contributed by atoms with Crippen molar-refractivity contribution in [3.05, 3.63) is 59.7 Å². The highest BCUT2D eigenvalue weighted by Crippen LogP contribution is 2.16. The Morgan fingerprint density at radius 1 is 1.05 bits per heavy atom. The molecule has 0 radical (unpaired) electrons. The number of halogens is 1. The normalized spacial score (nSPS) is 11.9. The number of ketones is 1. The third-order valence-electron chi connectivity index (χ3n) is 3.00. The Bertz CT molecular complexity index is 596. The summed E-state index contributed by atoms with van der Waals surface area (Å²) >= 11 is 5.51. The molecule has 0 aliphatic rings. The molecule has 0 aromatic heterocycles. The molecule has 0 fully saturated rings. The van der Waals surface area contributed by atoms with Crippen LogP contribution >= 0.6 is 11.6 Å². The molecule has 4 nitrogen and oxygen atoms in total. The number of nitrogens with one attached hydrogen (secondary N) is 1. The molecule has 5 heteroatoms. The Hall–Kier alpha value is -2.04. The molecule has 1 atom stereocenters. The number of hydrogen-bond donors (Lipinski definition) is 3. The summed E-state index contributed by atoms with van der Waals surface area (Å²) in [6, 6.07) is 13.1. The van der Waals surface area contributed by atoms with E-state index in [1.807, 2.05) is 0 Å². The molecule has 1 unspecified atom stereocenters. The first-order valence-electron chi connectivity index (χ1n) is 6.52. The zero-order chi connectivity index (χ0) is 15.2. The minimum atomic E-state index is -0.607. The second kappa shape index (κ2) is 7.11. The molecule has 0 aliphatic carbocycles. The number of hydrogen-bond acceptors (Lipinski definition) is 4. The number of phenolic OH excluding ortho intramolecular Hbond substituents is 1. The number of carbonyl (C=O) groups is 1. The summed E-state index contributed by atoms with van der Waals surface area (Å²) in [7, 11) is 0. The maximum atomic E-state index is 12.2. The lowest BCUT2D eigenvalue weighted by Crippen LogP contribution is -2.20. The van der Waals surface area contributed by atoms with E-state index in [0.717, 1.165) is 5.69 Å². The van der Waals surface area contributed by atoms with Crippen molar-refractivity contribution in [2.24, 2.45) is 0 Å². The van der Waals surface area contributed by atoms with Crippen LogP contribution in [0.1, 0.15) is 15.9 Å². The van der Waals surface area contributed by atoms with Crippen LogP contribution in [-0.4, -0.2) is 34.5 Å². The van der Waals surface area contributed by atoms with Gasteiger partial charge in [0.2, 0.25) is 0 Å². The van der Waals surface area contributed by atoms with Crippen LogP contribution in [0.3, 0.4) is 0 Å². The second-order valence-electron chi connectivity index (χ2n) is 4.64. The summed E-state index contributed by atoms with van der Waals surface area (Å²) in [6.45, 7) is 0.356. The molecule has 21 heavy (non-hydrogen) atoms. The first-order chi connectivity index (χ1) is 10.1. The van der Waals surface area contributed by atoms with E-state index in [0.29, 0.717) is 17.7 Å². The molecule has 2 aromatic carbocycles. The summed E-state index contributed by atoms with van der Waals surface area (Å²) in [5.41, 5.74) is 1.89. The van der Waals surface area contributed by atoms with Gasteiger partial charge in [0.15, 0.2) is 5.78 Å². The van der Waals surface area contributed by atoms with E-state index in [-0.39, 0.29) is 17.4 Å². The number of aliphatic hydroxyl groups is 1. The molecule has 0 saturated heterocycles. The van der Waals surface area contributed by atoms with Crippen molar-refractivity contribution in [2.75, 3.05) is 17.7 Å². The van der Waals surface area contributed by atoms with Crippen LogP contribution < -0.4 is 5.32 Å². The molecule has 2 rings (SSSR count). The van der Waals surface area contributed by atoms with E-state index in [2.05, 4.69) is 5.32 Å². The number of carbonyl (C=O) groups excluding carboxylic acids is 1. The summed E-state index contributed by atoms with van der Waals surface area (Å²) in [4.78, 5) is 12.2. The van der Waals surface area contributed by atoms with Gasteiger partial charge in [0, 0.05) is 23.4 Å². The van der Waals surface area contributed by atoms with Gasteiger partial charge in [0.1, 0.15) is 5.75 Å². The van der Waals surface area contributed by atoms with Crippen molar-refractivity contribution < 1.29 is 15.0 Å². The number of rotatable bonds is 6. The van der Waals surface area contributed by atoms with Crippen LogP contribution in [0.4, 0.5) is 5.69 Å². The van der Waals surface area contributed by atoms with Gasteiger partial charge in [-0.15, -0.1) is 11.6 Å². The van der Waals surface area contributed by atoms with E-state index in [4.69, 9.17) is 11.6 Å². The van der Waals surface area contributed by atoms with Crippen molar-refractivity contribution >= 4 is 23.1 Å². The highest BCUT2D eigenvalue weighted by molar-refractivity contribution is 6.18. The maximum Gasteiger partial charge on any atom is 0.193 e. The van der Waals surface area contributed by atoms with Crippen LogP contribution in [0, 0.1) is 0 Å². The van der Waals surface area contributed by atoms with Gasteiger partial charge >= 0.3 is 0 Å². The first-order valence-corrected chi connectivity index (χ1v) is 7.05. The minimum absolute atomic E-state index is 0.109. The lowest BCUT2D eigenvalue weighted by molar-refractivity contribution is 0.103. The molecule has 0 aliphatic heterocycles. The lowest BCUT2D eigenvalue weighted by Gasteiger charge is -2.10. The van der Waals surface area contributed by atoms with Gasteiger partial charge in [0.05, 0.1) is 12.0 Å². The smallest absolute Gasteiger partial charge is 0.193 e. The van der Waals surface area contributed by atoms with Crippen LogP contribution in [0.5, 0.6) is 5.75 Å². The van der Waals surface area contributed by atoms with E-state index >= 15 is 0 Å². The Morgan fingerprint density at radius 3 is 2.10 bits per heavy atom. The predicted molar refractivity (Wildman–Crippen MR) is 83.2 cm³/mol. The third-order valence-corrected chi connectivity index (χ3v) is 3.35. The SMILES string of the molecule is O=C(c1ccc(O)cc1)c1ccc(NCC(O)CCl)cc1. The second-order valence-corrected chi connectivity index (χ2v) is 4.95. The average molecular weight is 306 g/mol. The molecule has 0 heterocycles. The Morgan fingerprint density at radius 2 is 1.57 bits per heavy atom. The minimum Gasteiger partial charge on any atom is -0.508 e. The van der Waals surface area contributed by atoms with E-state index in [9.17, 15) is 15.0 Å². The zero-order valence-electron chi connectivity index (χ0n) is 11.3. The zero-order valence-corrected chi connectivity index (χ0v) is 12.0. The maximum absolute atomic E-state index is 12.2. The molecule has 2 aromatic rings. The van der Waals surface area contributed by atoms with Crippen molar-refractivity contribution in [1.82, 2.24) is 0 Å². The van der Waals surface area contributed by atoms with Crippen LogP contribution in [-0.2, 0) is 0 Å². The Balaban J connectivity index is 2.04. The Labute approximate surface area is 128 Å². The fourth-order valence-electron chi connectivity index (χ4n) is 1.81. The van der Waals surface area contributed by atoms with Gasteiger partial charge in [-0.25, -0.2) is 0 Å². The molecule has 0 amide bonds. The fourth-order valence-corrected chi connectivity index (χ4v) is 1.92. The number of aromatic hydroxyl groups is 1. The molecule has 3 N–H and O–H groups in total. The first kappa shape index (κ1) is 15.4. The van der Waals surface area contributed by atoms with Gasteiger partial charge < -0.3 is 15.5 Å². The van der Waals surface area contributed by atoms with Crippen molar-refractivity contribution in [3.8, 4) is 5.75 Å². The van der Waals surface area contributed by atoms with Crippen LogP contribution in [0.2, 0.25) is 0 Å². The van der Waals surface area contributed by atoms with Gasteiger partial charge in [-0.1, -0.05) is 0 Å². The molecular weight excluding hydrogens is 290 g/mol. The van der Waals surface area contributed by atoms with Crippen molar-refractivity contribution in [1.29, 1.82) is 0 Å². The molecule has 0 saturated carbocycles. The quantitative estimate of drug-likeness (QED) is 0.567. The molecular formula is C16H16ClNO3.